The summed E-state index contributed by atoms with van der Waals surface area (Å²) < 4.78 is 26.9. The van der Waals surface area contributed by atoms with Crippen molar-refractivity contribution in [1.29, 1.82) is 0 Å². The van der Waals surface area contributed by atoms with Gasteiger partial charge in [-0.2, -0.15) is 0 Å². The Morgan fingerprint density at radius 2 is 2.14 bits per heavy atom. The number of halogens is 2. The molecule has 1 saturated carbocycles. The lowest BCUT2D eigenvalue weighted by Crippen LogP contribution is -2.53. The molecular weight excluding hydrogens is 292 g/mol. The molecule has 118 valence electrons. The Morgan fingerprint density at radius 3 is 2.77 bits per heavy atom. The van der Waals surface area contributed by atoms with Gasteiger partial charge in [0.2, 0.25) is 5.91 Å². The van der Waals surface area contributed by atoms with E-state index in [-0.39, 0.29) is 25.0 Å². The maximum atomic E-state index is 13.9. The molecule has 22 heavy (non-hydrogen) atoms. The fourth-order valence-electron chi connectivity index (χ4n) is 2.78. The van der Waals surface area contributed by atoms with Gasteiger partial charge in [0.15, 0.2) is 0 Å². The molecule has 3 rings (SSSR count). The van der Waals surface area contributed by atoms with Gasteiger partial charge in [0.25, 0.3) is 0 Å². The molecule has 1 aromatic rings. The first-order valence-electron chi connectivity index (χ1n) is 7.25. The van der Waals surface area contributed by atoms with E-state index in [2.05, 4.69) is 10.6 Å². The van der Waals surface area contributed by atoms with Crippen molar-refractivity contribution in [3.8, 4) is 0 Å². The molecular formula is C15H17F2N3O2. The first-order valence-corrected chi connectivity index (χ1v) is 7.25. The fraction of sp³-hybridized carbons (Fsp3) is 0.467. The van der Waals surface area contributed by atoms with Crippen LogP contribution in [-0.2, 0) is 10.2 Å². The van der Waals surface area contributed by atoms with Crippen LogP contribution < -0.4 is 10.6 Å². The Kier molecular flexibility index (Phi) is 3.72. The summed E-state index contributed by atoms with van der Waals surface area (Å²) in [5, 5.41) is 5.41. The molecule has 0 atom stereocenters. The van der Waals surface area contributed by atoms with Gasteiger partial charge in [-0.15, -0.1) is 0 Å². The third-order valence-electron chi connectivity index (χ3n) is 4.26. The highest BCUT2D eigenvalue weighted by Gasteiger charge is 2.46. The largest absolute Gasteiger partial charge is 0.353 e. The van der Waals surface area contributed by atoms with E-state index in [9.17, 15) is 18.4 Å². The second-order valence-corrected chi connectivity index (χ2v) is 5.83. The summed E-state index contributed by atoms with van der Waals surface area (Å²) in [6.45, 7) is 1.20. The molecule has 1 aliphatic carbocycles. The molecule has 1 heterocycles. The van der Waals surface area contributed by atoms with Crippen LogP contribution in [0.4, 0.5) is 13.6 Å². The van der Waals surface area contributed by atoms with Gasteiger partial charge in [-0.3, -0.25) is 4.79 Å². The molecule has 2 fully saturated rings. The molecule has 5 nitrogen and oxygen atoms in total. The van der Waals surface area contributed by atoms with E-state index in [4.69, 9.17) is 0 Å². The molecule has 0 unspecified atom stereocenters. The van der Waals surface area contributed by atoms with Gasteiger partial charge < -0.3 is 15.5 Å². The maximum absolute atomic E-state index is 13.9. The molecule has 0 radical (unpaired) electrons. The van der Waals surface area contributed by atoms with Gasteiger partial charge in [0.05, 0.1) is 0 Å². The van der Waals surface area contributed by atoms with E-state index in [0.29, 0.717) is 18.7 Å². The van der Waals surface area contributed by atoms with Gasteiger partial charge >= 0.3 is 6.03 Å². The van der Waals surface area contributed by atoms with Crippen molar-refractivity contribution in [2.24, 2.45) is 0 Å². The number of nitrogens with one attached hydrogen (secondary N) is 2. The third-order valence-corrected chi connectivity index (χ3v) is 4.26. The van der Waals surface area contributed by atoms with E-state index in [1.54, 1.807) is 0 Å². The molecule has 2 N–H and O–H groups in total. The van der Waals surface area contributed by atoms with Crippen LogP contribution >= 0.6 is 0 Å². The molecule has 1 aromatic carbocycles. The highest BCUT2D eigenvalue weighted by molar-refractivity contribution is 5.85. The summed E-state index contributed by atoms with van der Waals surface area (Å²) in [5.74, 6) is -1.38. The van der Waals surface area contributed by atoms with Gasteiger partial charge in [0.1, 0.15) is 18.2 Å². The van der Waals surface area contributed by atoms with Crippen LogP contribution in [-0.4, -0.2) is 43.0 Å². The minimum Gasteiger partial charge on any atom is -0.353 e. The number of amides is 3. The first-order chi connectivity index (χ1) is 10.5. The van der Waals surface area contributed by atoms with Gasteiger partial charge in [-0.25, -0.2) is 13.6 Å². The summed E-state index contributed by atoms with van der Waals surface area (Å²) >= 11 is 0. The van der Waals surface area contributed by atoms with Crippen LogP contribution in [0.25, 0.3) is 0 Å². The van der Waals surface area contributed by atoms with Crippen LogP contribution in [0.3, 0.4) is 0 Å². The lowest BCUT2D eigenvalue weighted by Gasteiger charge is -2.28. The summed E-state index contributed by atoms with van der Waals surface area (Å²) in [7, 11) is 0. The summed E-state index contributed by atoms with van der Waals surface area (Å²) in [6, 6.07) is 3.21. The topological polar surface area (TPSA) is 61.4 Å². The number of benzene rings is 1. The number of urea groups is 1. The second-order valence-electron chi connectivity index (χ2n) is 5.83. The number of hydrogen-bond donors (Lipinski definition) is 2. The molecule has 0 bridgehead atoms. The zero-order valence-corrected chi connectivity index (χ0v) is 12.0. The fourth-order valence-corrected chi connectivity index (χ4v) is 2.78. The van der Waals surface area contributed by atoms with Crippen LogP contribution in [0.5, 0.6) is 0 Å². The minimum atomic E-state index is -0.611. The Labute approximate surface area is 126 Å². The van der Waals surface area contributed by atoms with Crippen molar-refractivity contribution in [3.63, 3.8) is 0 Å². The van der Waals surface area contributed by atoms with Crippen LogP contribution in [0.1, 0.15) is 18.4 Å². The predicted molar refractivity (Wildman–Crippen MR) is 75.3 cm³/mol. The normalized spacial score (nSPS) is 19.5. The molecule has 1 aliphatic heterocycles. The van der Waals surface area contributed by atoms with E-state index in [0.717, 1.165) is 18.9 Å². The van der Waals surface area contributed by atoms with Crippen molar-refractivity contribution in [3.05, 3.63) is 35.4 Å². The number of carbonyl (C=O) groups is 2. The second kappa shape index (κ2) is 5.55. The number of hydrogen-bond acceptors (Lipinski definition) is 2. The Bertz CT molecular complexity index is 617. The van der Waals surface area contributed by atoms with Gasteiger partial charge in [-0.05, 0) is 24.5 Å². The highest BCUT2D eigenvalue weighted by atomic mass is 19.1. The van der Waals surface area contributed by atoms with E-state index >= 15 is 0 Å². The van der Waals surface area contributed by atoms with Crippen molar-refractivity contribution < 1.29 is 18.4 Å². The zero-order chi connectivity index (χ0) is 15.7. The van der Waals surface area contributed by atoms with E-state index in [1.807, 2.05) is 0 Å². The standard InChI is InChI=1S/C15H17F2N3O2/c16-10-1-2-11(12(17)7-10)15(3-4-15)9-19-14(22)20-6-5-18-13(21)8-20/h1-2,7H,3-6,8-9H2,(H,18,21)(H,19,22). The summed E-state index contributed by atoms with van der Waals surface area (Å²) in [6.07, 6.45) is 1.49. The summed E-state index contributed by atoms with van der Waals surface area (Å²) in [4.78, 5) is 24.8. The van der Waals surface area contributed by atoms with Crippen LogP contribution in [0.15, 0.2) is 18.2 Å². The lowest BCUT2D eigenvalue weighted by atomic mass is 9.95. The first kappa shape index (κ1) is 14.7. The Balaban J connectivity index is 1.63. The molecule has 0 aromatic heterocycles. The SMILES string of the molecule is O=C1CN(C(=O)NCC2(c3ccc(F)cc3F)CC2)CCN1. The van der Waals surface area contributed by atoms with Crippen molar-refractivity contribution in [2.45, 2.75) is 18.3 Å². The average molecular weight is 309 g/mol. The number of carbonyl (C=O) groups excluding carboxylic acids is 2. The molecule has 2 aliphatic rings. The summed E-state index contributed by atoms with van der Waals surface area (Å²) in [5.41, 5.74) is -0.0172. The lowest BCUT2D eigenvalue weighted by molar-refractivity contribution is -0.123. The third kappa shape index (κ3) is 2.88. The van der Waals surface area contributed by atoms with Crippen LogP contribution in [0, 0.1) is 11.6 Å². The van der Waals surface area contributed by atoms with Gasteiger partial charge in [-0.1, -0.05) is 6.07 Å². The molecule has 7 heteroatoms. The van der Waals surface area contributed by atoms with Crippen molar-refractivity contribution >= 4 is 11.9 Å². The smallest absolute Gasteiger partial charge is 0.317 e. The number of nitrogens with zero attached hydrogens (tertiary/aromatic N) is 1. The van der Waals surface area contributed by atoms with E-state index < -0.39 is 17.0 Å². The van der Waals surface area contributed by atoms with Gasteiger partial charge in [0, 0.05) is 31.1 Å². The van der Waals surface area contributed by atoms with Crippen molar-refractivity contribution in [1.82, 2.24) is 15.5 Å². The average Bonchev–Trinajstić information content (AvgIpc) is 3.25. The zero-order valence-electron chi connectivity index (χ0n) is 12.0. The molecule has 3 amide bonds. The monoisotopic (exact) mass is 309 g/mol. The molecule has 1 saturated heterocycles. The number of piperazine rings is 1. The molecule has 0 spiro atoms. The number of rotatable bonds is 3. The maximum Gasteiger partial charge on any atom is 0.317 e. The minimum absolute atomic E-state index is 0.0315. The highest BCUT2D eigenvalue weighted by Crippen LogP contribution is 2.48. The van der Waals surface area contributed by atoms with E-state index in [1.165, 1.54) is 17.0 Å². The predicted octanol–water partition coefficient (Wildman–Crippen LogP) is 1.14. The Morgan fingerprint density at radius 1 is 1.36 bits per heavy atom. The van der Waals surface area contributed by atoms with Crippen LogP contribution in [0.2, 0.25) is 0 Å². The Hall–Kier alpha value is -2.18. The quantitative estimate of drug-likeness (QED) is 0.879. The van der Waals surface area contributed by atoms with Crippen molar-refractivity contribution in [2.75, 3.05) is 26.2 Å².